The van der Waals surface area contributed by atoms with Gasteiger partial charge in [-0.25, -0.2) is 17.6 Å². The molecule has 0 aliphatic heterocycles. The number of benzene rings is 4. The second-order valence-corrected chi connectivity index (χ2v) is 8.99. The number of nitrogens with one attached hydrogen (secondary N) is 1. The highest BCUT2D eigenvalue weighted by molar-refractivity contribution is 7.93. The predicted octanol–water partition coefficient (Wildman–Crippen LogP) is 6.16. The van der Waals surface area contributed by atoms with E-state index in [2.05, 4.69) is 4.72 Å². The normalized spacial score (nSPS) is 12.0. The number of carbonyl (C=O) groups is 1. The van der Waals surface area contributed by atoms with E-state index in [0.717, 1.165) is 30.3 Å². The molecule has 0 saturated heterocycles. The summed E-state index contributed by atoms with van der Waals surface area (Å²) in [5, 5.41) is 9.85. The van der Waals surface area contributed by atoms with E-state index in [-0.39, 0.29) is 10.6 Å². The maximum Gasteiger partial charge on any atom is 0.416 e. The third-order valence-electron chi connectivity index (χ3n) is 5.15. The molecule has 0 aliphatic carbocycles. The zero-order valence-corrected chi connectivity index (χ0v) is 17.9. The van der Waals surface area contributed by atoms with E-state index in [1.54, 1.807) is 24.3 Å². The van der Waals surface area contributed by atoms with Crippen molar-refractivity contribution in [3.8, 4) is 11.1 Å². The first-order valence-electron chi connectivity index (χ1n) is 9.72. The van der Waals surface area contributed by atoms with Crippen LogP contribution in [0.3, 0.4) is 0 Å². The van der Waals surface area contributed by atoms with Gasteiger partial charge in [0.15, 0.2) is 0 Å². The van der Waals surface area contributed by atoms with Crippen molar-refractivity contribution in [2.45, 2.75) is 11.1 Å². The van der Waals surface area contributed by atoms with E-state index in [9.17, 15) is 30.8 Å². The Morgan fingerprint density at radius 3 is 2.12 bits per heavy atom. The van der Waals surface area contributed by atoms with Crippen LogP contribution in [-0.4, -0.2) is 19.5 Å². The fourth-order valence-electron chi connectivity index (χ4n) is 3.56. The third-order valence-corrected chi connectivity index (χ3v) is 6.59. The number of alkyl halides is 3. The molecule has 174 valence electrons. The summed E-state index contributed by atoms with van der Waals surface area (Å²) in [5.74, 6) is -2.56. The summed E-state index contributed by atoms with van der Waals surface area (Å²) in [7, 11) is -4.23. The zero-order valence-electron chi connectivity index (χ0n) is 17.1. The van der Waals surface area contributed by atoms with Crippen molar-refractivity contribution in [3.63, 3.8) is 0 Å². The minimum Gasteiger partial charge on any atom is -0.478 e. The average Bonchev–Trinajstić information content (AvgIpc) is 2.78. The number of halogens is 4. The van der Waals surface area contributed by atoms with E-state index >= 15 is 0 Å². The number of sulfonamides is 1. The summed E-state index contributed by atoms with van der Waals surface area (Å²) in [6.07, 6.45) is -4.48. The Morgan fingerprint density at radius 2 is 1.50 bits per heavy atom. The first-order valence-corrected chi connectivity index (χ1v) is 11.2. The number of carboxylic acid groups (broad SMARTS) is 1. The topological polar surface area (TPSA) is 83.5 Å². The molecule has 5 nitrogen and oxygen atoms in total. The number of anilines is 1. The van der Waals surface area contributed by atoms with Crippen molar-refractivity contribution in [3.05, 3.63) is 95.8 Å². The highest BCUT2D eigenvalue weighted by Crippen LogP contribution is 2.36. The monoisotopic (exact) mass is 489 g/mol. The van der Waals surface area contributed by atoms with Crippen LogP contribution in [0, 0.1) is 5.82 Å². The number of carboxylic acids is 1. The van der Waals surface area contributed by atoms with Crippen molar-refractivity contribution >= 4 is 32.5 Å². The molecule has 0 heterocycles. The van der Waals surface area contributed by atoms with Crippen molar-refractivity contribution in [1.29, 1.82) is 0 Å². The first kappa shape index (κ1) is 23.2. The van der Waals surface area contributed by atoms with Crippen LogP contribution in [-0.2, 0) is 16.2 Å². The largest absolute Gasteiger partial charge is 0.478 e. The molecule has 0 fully saturated rings. The summed E-state index contributed by atoms with van der Waals surface area (Å²) in [5.41, 5.74) is -0.648. The van der Waals surface area contributed by atoms with Gasteiger partial charge in [-0.2, -0.15) is 13.2 Å². The lowest BCUT2D eigenvalue weighted by atomic mass is 9.97. The van der Waals surface area contributed by atoms with Crippen molar-refractivity contribution in [1.82, 2.24) is 0 Å². The summed E-state index contributed by atoms with van der Waals surface area (Å²) >= 11 is 0. The lowest BCUT2D eigenvalue weighted by Gasteiger charge is -2.14. The summed E-state index contributed by atoms with van der Waals surface area (Å²) in [6, 6.07) is 16.6. The molecule has 0 bridgehead atoms. The van der Waals surface area contributed by atoms with E-state index < -0.39 is 39.1 Å². The van der Waals surface area contributed by atoms with Gasteiger partial charge in [-0.1, -0.05) is 42.5 Å². The van der Waals surface area contributed by atoms with Crippen LogP contribution in [0.5, 0.6) is 0 Å². The minimum absolute atomic E-state index is 0.139. The first-order chi connectivity index (χ1) is 16.0. The number of hydrogen-bond donors (Lipinski definition) is 2. The quantitative estimate of drug-likeness (QED) is 0.329. The average molecular weight is 489 g/mol. The fourth-order valence-corrected chi connectivity index (χ4v) is 4.82. The van der Waals surface area contributed by atoms with Crippen LogP contribution in [0.2, 0.25) is 0 Å². The standard InChI is InChI=1S/C24H15F4NO4S/c25-21-11-9-16(13-20(21)23(30)31)29-34(32,33)22-12-10-17(18-3-1-2-4-19(18)22)14-5-7-15(8-6-14)24(26,27)28/h1-13,29H,(H,30,31). The molecular weight excluding hydrogens is 474 g/mol. The summed E-state index contributed by atoms with van der Waals surface area (Å²) in [6.45, 7) is 0. The Kier molecular flexibility index (Phi) is 5.78. The van der Waals surface area contributed by atoms with Gasteiger partial charge in [-0.3, -0.25) is 4.72 Å². The molecule has 0 saturated carbocycles. The van der Waals surface area contributed by atoms with Gasteiger partial charge in [0.2, 0.25) is 0 Å². The maximum absolute atomic E-state index is 13.7. The van der Waals surface area contributed by atoms with Crippen LogP contribution < -0.4 is 4.72 Å². The molecule has 2 N–H and O–H groups in total. The molecule has 34 heavy (non-hydrogen) atoms. The van der Waals surface area contributed by atoms with Gasteiger partial charge < -0.3 is 5.11 Å². The van der Waals surface area contributed by atoms with Crippen LogP contribution in [0.1, 0.15) is 15.9 Å². The van der Waals surface area contributed by atoms with Crippen molar-refractivity contribution in [2.75, 3.05) is 4.72 Å². The zero-order chi connectivity index (χ0) is 24.7. The van der Waals surface area contributed by atoms with Gasteiger partial charge in [0.05, 0.1) is 16.0 Å². The second kappa shape index (κ2) is 8.45. The van der Waals surface area contributed by atoms with Gasteiger partial charge in [0.25, 0.3) is 10.0 Å². The van der Waals surface area contributed by atoms with Gasteiger partial charge >= 0.3 is 12.1 Å². The van der Waals surface area contributed by atoms with Crippen LogP contribution in [0.15, 0.2) is 83.8 Å². The van der Waals surface area contributed by atoms with E-state index in [0.29, 0.717) is 21.9 Å². The molecule has 0 spiro atoms. The lowest BCUT2D eigenvalue weighted by molar-refractivity contribution is -0.137. The van der Waals surface area contributed by atoms with Crippen LogP contribution in [0.4, 0.5) is 23.2 Å². The lowest BCUT2D eigenvalue weighted by Crippen LogP contribution is -2.14. The van der Waals surface area contributed by atoms with Gasteiger partial charge in [0, 0.05) is 11.1 Å². The second-order valence-electron chi connectivity index (χ2n) is 7.34. The molecule has 4 aromatic carbocycles. The Bertz CT molecular complexity index is 1510. The highest BCUT2D eigenvalue weighted by Gasteiger charge is 2.30. The predicted molar refractivity (Wildman–Crippen MR) is 119 cm³/mol. The van der Waals surface area contributed by atoms with Crippen LogP contribution >= 0.6 is 0 Å². The molecule has 0 amide bonds. The minimum atomic E-state index is -4.48. The molecule has 4 aromatic rings. The van der Waals surface area contributed by atoms with Gasteiger partial charge in [0.1, 0.15) is 5.82 Å². The Morgan fingerprint density at radius 1 is 0.853 bits per heavy atom. The molecule has 0 radical (unpaired) electrons. The Labute approximate surface area is 191 Å². The molecule has 10 heteroatoms. The third kappa shape index (κ3) is 4.44. The smallest absolute Gasteiger partial charge is 0.416 e. The van der Waals surface area contributed by atoms with E-state index in [1.807, 2.05) is 0 Å². The molecule has 0 aromatic heterocycles. The Balaban J connectivity index is 1.78. The van der Waals surface area contributed by atoms with Crippen molar-refractivity contribution < 1.29 is 35.9 Å². The molecule has 0 unspecified atom stereocenters. The van der Waals surface area contributed by atoms with Crippen LogP contribution in [0.25, 0.3) is 21.9 Å². The van der Waals surface area contributed by atoms with E-state index in [4.69, 9.17) is 5.11 Å². The SMILES string of the molecule is O=C(O)c1cc(NS(=O)(=O)c2ccc(-c3ccc(C(F)(F)F)cc3)c3ccccc23)ccc1F. The molecule has 0 atom stereocenters. The highest BCUT2D eigenvalue weighted by atomic mass is 32.2. The Hall–Kier alpha value is -3.92. The molecule has 0 aliphatic rings. The van der Waals surface area contributed by atoms with Gasteiger partial charge in [-0.15, -0.1) is 0 Å². The van der Waals surface area contributed by atoms with E-state index in [1.165, 1.54) is 24.3 Å². The van der Waals surface area contributed by atoms with Gasteiger partial charge in [-0.05, 0) is 52.9 Å². The number of aromatic carboxylic acids is 1. The summed E-state index contributed by atoms with van der Waals surface area (Å²) in [4.78, 5) is 11.0. The molecule has 4 rings (SSSR count). The summed E-state index contributed by atoms with van der Waals surface area (Å²) < 4.78 is 80.8. The number of fused-ring (bicyclic) bond motifs is 1. The molecular formula is C24H15F4NO4S. The maximum atomic E-state index is 13.7. The fraction of sp³-hybridized carbons (Fsp3) is 0.0417. The van der Waals surface area contributed by atoms with Crippen molar-refractivity contribution in [2.24, 2.45) is 0 Å². The number of hydrogen-bond acceptors (Lipinski definition) is 3. The number of rotatable bonds is 5.